The predicted octanol–water partition coefficient (Wildman–Crippen LogP) is 3.95. The van der Waals surface area contributed by atoms with E-state index in [2.05, 4.69) is 60.7 Å². The van der Waals surface area contributed by atoms with Gasteiger partial charge in [0.25, 0.3) is 0 Å². The molecule has 1 amide bonds. The van der Waals surface area contributed by atoms with E-state index in [1.165, 1.54) is 30.2 Å². The molecular weight excluding hydrogens is 460 g/mol. The van der Waals surface area contributed by atoms with Crippen LogP contribution in [0.4, 0.5) is 8.78 Å². The first-order valence-corrected chi connectivity index (χ1v) is 13.0. The molecule has 0 radical (unpaired) electrons. The molecule has 196 valence electrons. The minimum atomic E-state index is -0.937. The Labute approximate surface area is 213 Å². The molecule has 2 aromatic carbocycles. The fraction of sp³-hybridized carbons (Fsp3) is 0.552. The number of carbonyl (C=O) groups is 1. The van der Waals surface area contributed by atoms with Crippen molar-refractivity contribution >= 4 is 5.91 Å². The topological polar surface area (TPSA) is 64.6 Å². The van der Waals surface area contributed by atoms with Crippen molar-refractivity contribution in [1.82, 2.24) is 15.5 Å². The molecule has 4 atom stereocenters. The van der Waals surface area contributed by atoms with Crippen LogP contribution in [0.3, 0.4) is 0 Å². The molecule has 7 heteroatoms. The van der Waals surface area contributed by atoms with Gasteiger partial charge in [0.05, 0.1) is 12.1 Å². The molecule has 0 spiro atoms. The second-order valence-electron chi connectivity index (χ2n) is 11.2. The lowest BCUT2D eigenvalue weighted by molar-refractivity contribution is -0.120. The van der Waals surface area contributed by atoms with Gasteiger partial charge in [0, 0.05) is 38.2 Å². The van der Waals surface area contributed by atoms with Crippen molar-refractivity contribution in [3.8, 4) is 0 Å². The van der Waals surface area contributed by atoms with Crippen molar-refractivity contribution < 1.29 is 18.7 Å². The van der Waals surface area contributed by atoms with Gasteiger partial charge < -0.3 is 20.6 Å². The molecule has 4 unspecified atom stereocenters. The van der Waals surface area contributed by atoms with Crippen LogP contribution in [-0.2, 0) is 16.8 Å². The van der Waals surface area contributed by atoms with Crippen molar-refractivity contribution in [2.24, 2.45) is 11.8 Å². The van der Waals surface area contributed by atoms with Crippen LogP contribution >= 0.6 is 0 Å². The monoisotopic (exact) mass is 499 g/mol. The second kappa shape index (κ2) is 11.0. The first kappa shape index (κ1) is 26.7. The molecule has 1 saturated carbocycles. The Morgan fingerprint density at radius 1 is 1.11 bits per heavy atom. The number of carbonyl (C=O) groups excluding carboxylic acids is 1. The lowest BCUT2D eigenvalue weighted by atomic mass is 9.84. The highest BCUT2D eigenvalue weighted by Crippen LogP contribution is 2.49. The zero-order valence-corrected chi connectivity index (χ0v) is 21.7. The summed E-state index contributed by atoms with van der Waals surface area (Å²) in [5.74, 6) is -0.0621. The number of nitrogens with zero attached hydrogens (tertiary/aromatic N) is 1. The van der Waals surface area contributed by atoms with Gasteiger partial charge in [0.2, 0.25) is 5.91 Å². The largest absolute Gasteiger partial charge is 0.390 e. The van der Waals surface area contributed by atoms with Crippen LogP contribution in [0, 0.1) is 23.5 Å². The van der Waals surface area contributed by atoms with Crippen molar-refractivity contribution in [3.05, 3.63) is 70.8 Å². The predicted molar refractivity (Wildman–Crippen MR) is 138 cm³/mol. The molecule has 1 aliphatic carbocycles. The van der Waals surface area contributed by atoms with Crippen molar-refractivity contribution in [3.63, 3.8) is 0 Å². The van der Waals surface area contributed by atoms with E-state index < -0.39 is 23.8 Å². The highest BCUT2D eigenvalue weighted by Gasteiger charge is 2.49. The number of hydrogen-bond acceptors (Lipinski definition) is 4. The lowest BCUT2D eigenvalue weighted by Gasteiger charge is -2.36. The van der Waals surface area contributed by atoms with Crippen molar-refractivity contribution in [2.45, 2.75) is 63.6 Å². The van der Waals surface area contributed by atoms with E-state index in [-0.39, 0.29) is 24.4 Å². The maximum atomic E-state index is 13.8. The Hall–Kier alpha value is -2.35. The fourth-order valence-electron chi connectivity index (χ4n) is 6.26. The number of aliphatic hydroxyl groups excluding tert-OH is 1. The number of fused-ring (bicyclic) bond motifs is 1. The van der Waals surface area contributed by atoms with Gasteiger partial charge in [-0.25, -0.2) is 8.78 Å². The molecule has 36 heavy (non-hydrogen) atoms. The van der Waals surface area contributed by atoms with E-state index in [9.17, 15) is 18.7 Å². The maximum Gasteiger partial charge on any atom is 0.217 e. The SMILES string of the molecule is CC(=O)NC(Cc1cc(F)cc(F)c1)C(O)CNC1(c2cccc(C(C)C)c2)CC2CN(C)CC2C1. The molecule has 2 aliphatic rings. The van der Waals surface area contributed by atoms with E-state index in [0.717, 1.165) is 32.0 Å². The minimum absolute atomic E-state index is 0.128. The molecule has 2 fully saturated rings. The highest BCUT2D eigenvalue weighted by molar-refractivity contribution is 5.73. The Morgan fingerprint density at radius 3 is 2.33 bits per heavy atom. The summed E-state index contributed by atoms with van der Waals surface area (Å²) in [4.78, 5) is 14.3. The van der Waals surface area contributed by atoms with Crippen LogP contribution in [0.5, 0.6) is 0 Å². The normalized spacial score (nSPS) is 25.7. The molecule has 0 aromatic heterocycles. The van der Waals surface area contributed by atoms with Crippen LogP contribution in [-0.4, -0.2) is 54.7 Å². The summed E-state index contributed by atoms with van der Waals surface area (Å²) in [6.07, 6.45) is 1.16. The van der Waals surface area contributed by atoms with Gasteiger partial charge in [0.1, 0.15) is 11.6 Å². The number of rotatable bonds is 9. The van der Waals surface area contributed by atoms with Gasteiger partial charge in [-0.2, -0.15) is 0 Å². The van der Waals surface area contributed by atoms with Crippen molar-refractivity contribution in [1.29, 1.82) is 0 Å². The summed E-state index contributed by atoms with van der Waals surface area (Å²) < 4.78 is 27.5. The maximum absolute atomic E-state index is 13.8. The summed E-state index contributed by atoms with van der Waals surface area (Å²) in [6.45, 7) is 8.15. The van der Waals surface area contributed by atoms with Gasteiger partial charge in [-0.15, -0.1) is 0 Å². The Kier molecular flexibility index (Phi) is 8.12. The number of hydrogen-bond donors (Lipinski definition) is 3. The first-order chi connectivity index (χ1) is 17.0. The standard InChI is InChI=1S/C29H39F2N3O2/c1-18(2)21-6-5-7-24(11-21)29(13-22-16-34(4)17-23(22)14-29)32-15-28(36)27(33-19(3)35)10-20-8-25(30)12-26(31)9-20/h5-9,11-12,18,22-23,27-28,32,36H,10,13-17H2,1-4H3,(H,33,35). The van der Waals surface area contributed by atoms with E-state index in [1.54, 1.807) is 0 Å². The smallest absolute Gasteiger partial charge is 0.217 e. The number of halogens is 2. The third kappa shape index (κ3) is 6.13. The number of benzene rings is 2. The number of likely N-dealkylation sites (tertiary alicyclic amines) is 1. The van der Waals surface area contributed by atoms with Crippen LogP contribution in [0.1, 0.15) is 56.2 Å². The van der Waals surface area contributed by atoms with E-state index >= 15 is 0 Å². The second-order valence-corrected chi connectivity index (χ2v) is 11.2. The van der Waals surface area contributed by atoms with Crippen LogP contribution < -0.4 is 10.6 Å². The molecule has 5 nitrogen and oxygen atoms in total. The molecule has 1 saturated heterocycles. The molecule has 0 bridgehead atoms. The van der Waals surface area contributed by atoms with Gasteiger partial charge in [-0.3, -0.25) is 4.79 Å². The number of nitrogens with one attached hydrogen (secondary N) is 2. The molecule has 1 aliphatic heterocycles. The van der Waals surface area contributed by atoms with E-state index in [4.69, 9.17) is 0 Å². The van der Waals surface area contributed by atoms with Gasteiger partial charge in [-0.05, 0) is 72.9 Å². The van der Waals surface area contributed by atoms with Gasteiger partial charge in [-0.1, -0.05) is 38.1 Å². The Morgan fingerprint density at radius 2 is 1.75 bits per heavy atom. The molecular formula is C29H39F2N3O2. The van der Waals surface area contributed by atoms with Gasteiger partial charge >= 0.3 is 0 Å². The lowest BCUT2D eigenvalue weighted by Crippen LogP contribution is -2.52. The Bertz CT molecular complexity index is 1040. The van der Waals surface area contributed by atoms with Crippen LogP contribution in [0.15, 0.2) is 42.5 Å². The Balaban J connectivity index is 1.55. The average Bonchev–Trinajstić information content (AvgIpc) is 3.31. The van der Waals surface area contributed by atoms with E-state index in [0.29, 0.717) is 23.3 Å². The quantitative estimate of drug-likeness (QED) is 0.489. The zero-order valence-electron chi connectivity index (χ0n) is 21.7. The molecule has 2 aromatic rings. The number of amides is 1. The molecule has 1 heterocycles. The third-order valence-corrected chi connectivity index (χ3v) is 7.97. The summed E-state index contributed by atoms with van der Waals surface area (Å²) in [6, 6.07) is 11.4. The zero-order chi connectivity index (χ0) is 26.0. The van der Waals surface area contributed by atoms with Crippen LogP contribution in [0.2, 0.25) is 0 Å². The average molecular weight is 500 g/mol. The van der Waals surface area contributed by atoms with Gasteiger partial charge in [0.15, 0.2) is 0 Å². The summed E-state index contributed by atoms with van der Waals surface area (Å²) in [7, 11) is 2.17. The number of aliphatic hydroxyl groups is 1. The van der Waals surface area contributed by atoms with E-state index in [1.807, 2.05) is 0 Å². The molecule has 4 rings (SSSR count). The fourth-order valence-corrected chi connectivity index (χ4v) is 6.26. The van der Waals surface area contributed by atoms with Crippen molar-refractivity contribution in [2.75, 3.05) is 26.7 Å². The third-order valence-electron chi connectivity index (χ3n) is 7.97. The highest BCUT2D eigenvalue weighted by atomic mass is 19.1. The summed E-state index contributed by atoms with van der Waals surface area (Å²) >= 11 is 0. The molecule has 3 N–H and O–H groups in total. The summed E-state index contributed by atoms with van der Waals surface area (Å²) in [5, 5.41) is 17.7. The first-order valence-electron chi connectivity index (χ1n) is 13.0. The summed E-state index contributed by atoms with van der Waals surface area (Å²) in [5.41, 5.74) is 2.64. The van der Waals surface area contributed by atoms with Crippen LogP contribution in [0.25, 0.3) is 0 Å². The minimum Gasteiger partial charge on any atom is -0.390 e.